The van der Waals surface area contributed by atoms with Crippen molar-refractivity contribution in [3.05, 3.63) is 36.5 Å². The smallest absolute Gasteiger partial charge is 0.224 e. The average Bonchev–Trinajstić information content (AvgIpc) is 3.32. The van der Waals surface area contributed by atoms with E-state index in [2.05, 4.69) is 17.4 Å². The summed E-state index contributed by atoms with van der Waals surface area (Å²) in [5.41, 5.74) is 2.83. The quantitative estimate of drug-likeness (QED) is 0.437. The SMILES string of the molecule is CCC(C)CC(=O)Nc1cc(-c2cnoc2-c2cc(OC)c(OC)c(OC)c2)ccc1OC. The summed E-state index contributed by atoms with van der Waals surface area (Å²) in [6.45, 7) is 4.11. The van der Waals surface area contributed by atoms with Crippen molar-refractivity contribution in [3.8, 4) is 45.4 Å². The van der Waals surface area contributed by atoms with Gasteiger partial charge in [0.25, 0.3) is 0 Å². The second-order valence-corrected chi connectivity index (χ2v) is 7.66. The number of aromatic nitrogens is 1. The summed E-state index contributed by atoms with van der Waals surface area (Å²) in [6, 6.07) is 9.13. The molecular formula is C25H30N2O6. The first kappa shape index (κ1) is 24.0. The monoisotopic (exact) mass is 454 g/mol. The van der Waals surface area contributed by atoms with E-state index in [1.165, 1.54) is 0 Å². The van der Waals surface area contributed by atoms with E-state index in [9.17, 15) is 4.79 Å². The Labute approximate surface area is 193 Å². The van der Waals surface area contributed by atoms with Gasteiger partial charge in [0.05, 0.1) is 40.3 Å². The summed E-state index contributed by atoms with van der Waals surface area (Å²) in [7, 11) is 6.23. The Morgan fingerprint density at radius 3 is 2.21 bits per heavy atom. The number of carbonyl (C=O) groups is 1. The molecule has 2 aromatic carbocycles. The number of hydrogen-bond donors (Lipinski definition) is 1. The number of hydrogen-bond acceptors (Lipinski definition) is 7. The van der Waals surface area contributed by atoms with Gasteiger partial charge in [0.2, 0.25) is 11.7 Å². The Morgan fingerprint density at radius 1 is 0.970 bits per heavy atom. The van der Waals surface area contributed by atoms with Crippen molar-refractivity contribution < 1.29 is 28.3 Å². The molecule has 1 heterocycles. The number of anilines is 1. The van der Waals surface area contributed by atoms with Gasteiger partial charge >= 0.3 is 0 Å². The van der Waals surface area contributed by atoms with Gasteiger partial charge in [-0.05, 0) is 35.7 Å². The zero-order chi connectivity index (χ0) is 24.0. The van der Waals surface area contributed by atoms with Gasteiger partial charge in [-0.15, -0.1) is 0 Å². The van der Waals surface area contributed by atoms with E-state index in [0.717, 1.165) is 17.5 Å². The summed E-state index contributed by atoms with van der Waals surface area (Å²) >= 11 is 0. The van der Waals surface area contributed by atoms with Gasteiger partial charge < -0.3 is 28.8 Å². The van der Waals surface area contributed by atoms with Crippen LogP contribution in [0.4, 0.5) is 5.69 Å². The summed E-state index contributed by atoms with van der Waals surface area (Å²) in [6.07, 6.45) is 3.00. The molecule has 0 radical (unpaired) electrons. The lowest BCUT2D eigenvalue weighted by atomic mass is 10.0. The molecule has 0 aliphatic heterocycles. The van der Waals surface area contributed by atoms with Gasteiger partial charge in [0.15, 0.2) is 17.3 Å². The molecule has 8 nitrogen and oxygen atoms in total. The van der Waals surface area contributed by atoms with Crippen LogP contribution in [0.3, 0.4) is 0 Å². The van der Waals surface area contributed by atoms with E-state index in [1.54, 1.807) is 52.8 Å². The van der Waals surface area contributed by atoms with Crippen LogP contribution in [0.25, 0.3) is 22.5 Å². The molecule has 176 valence electrons. The lowest BCUT2D eigenvalue weighted by Gasteiger charge is -2.15. The van der Waals surface area contributed by atoms with Crippen LogP contribution >= 0.6 is 0 Å². The molecule has 1 amide bonds. The molecule has 0 spiro atoms. The molecule has 33 heavy (non-hydrogen) atoms. The maximum absolute atomic E-state index is 12.5. The van der Waals surface area contributed by atoms with E-state index in [1.807, 2.05) is 19.1 Å². The highest BCUT2D eigenvalue weighted by Crippen LogP contribution is 2.44. The first-order chi connectivity index (χ1) is 15.9. The third kappa shape index (κ3) is 5.22. The van der Waals surface area contributed by atoms with Crippen LogP contribution in [-0.4, -0.2) is 39.5 Å². The van der Waals surface area contributed by atoms with Gasteiger partial charge in [-0.1, -0.05) is 31.5 Å². The predicted octanol–water partition coefficient (Wildman–Crippen LogP) is 5.42. The van der Waals surface area contributed by atoms with Crippen LogP contribution < -0.4 is 24.3 Å². The first-order valence-electron chi connectivity index (χ1n) is 10.7. The van der Waals surface area contributed by atoms with Gasteiger partial charge in [-0.3, -0.25) is 4.79 Å². The lowest BCUT2D eigenvalue weighted by Crippen LogP contribution is -2.15. The zero-order valence-corrected chi connectivity index (χ0v) is 19.9. The summed E-state index contributed by atoms with van der Waals surface area (Å²) in [5.74, 6) is 2.82. The van der Waals surface area contributed by atoms with E-state index in [-0.39, 0.29) is 5.91 Å². The van der Waals surface area contributed by atoms with E-state index < -0.39 is 0 Å². The number of nitrogens with one attached hydrogen (secondary N) is 1. The highest BCUT2D eigenvalue weighted by Gasteiger charge is 2.20. The predicted molar refractivity (Wildman–Crippen MR) is 126 cm³/mol. The molecular weight excluding hydrogens is 424 g/mol. The fourth-order valence-electron chi connectivity index (χ4n) is 3.50. The van der Waals surface area contributed by atoms with Crippen LogP contribution in [0, 0.1) is 5.92 Å². The normalized spacial score (nSPS) is 11.6. The number of benzene rings is 2. The third-order valence-corrected chi connectivity index (χ3v) is 5.51. The highest BCUT2D eigenvalue weighted by molar-refractivity contribution is 5.94. The van der Waals surface area contributed by atoms with Crippen molar-refractivity contribution in [2.75, 3.05) is 33.8 Å². The fraction of sp³-hybridized carbons (Fsp3) is 0.360. The molecule has 3 aromatic rings. The van der Waals surface area contributed by atoms with Crippen molar-refractivity contribution in [2.45, 2.75) is 26.7 Å². The van der Waals surface area contributed by atoms with Crippen molar-refractivity contribution in [1.29, 1.82) is 0 Å². The van der Waals surface area contributed by atoms with Gasteiger partial charge in [-0.2, -0.15) is 0 Å². The number of methoxy groups -OCH3 is 4. The Hall–Kier alpha value is -3.68. The Bertz CT molecular complexity index is 1080. The Kier molecular flexibility index (Phi) is 7.82. The Morgan fingerprint density at radius 2 is 1.64 bits per heavy atom. The summed E-state index contributed by atoms with van der Waals surface area (Å²) < 4.78 is 27.4. The summed E-state index contributed by atoms with van der Waals surface area (Å²) in [4.78, 5) is 12.5. The maximum atomic E-state index is 12.5. The number of nitrogens with zero attached hydrogens (tertiary/aromatic N) is 1. The van der Waals surface area contributed by atoms with Gasteiger partial charge in [0.1, 0.15) is 5.75 Å². The molecule has 1 aromatic heterocycles. The highest BCUT2D eigenvalue weighted by atomic mass is 16.5. The van der Waals surface area contributed by atoms with E-state index in [0.29, 0.717) is 52.3 Å². The molecule has 0 fully saturated rings. The largest absolute Gasteiger partial charge is 0.495 e. The molecule has 0 aliphatic rings. The van der Waals surface area contributed by atoms with Gasteiger partial charge in [0, 0.05) is 17.5 Å². The number of carbonyl (C=O) groups excluding carboxylic acids is 1. The minimum Gasteiger partial charge on any atom is -0.495 e. The van der Waals surface area contributed by atoms with Crippen molar-refractivity contribution in [3.63, 3.8) is 0 Å². The van der Waals surface area contributed by atoms with Gasteiger partial charge in [-0.25, -0.2) is 0 Å². The second kappa shape index (κ2) is 10.8. The molecule has 0 saturated carbocycles. The molecule has 3 rings (SSSR count). The average molecular weight is 455 g/mol. The molecule has 0 aliphatic carbocycles. The molecule has 1 atom stereocenters. The van der Waals surface area contributed by atoms with E-state index in [4.69, 9.17) is 23.5 Å². The van der Waals surface area contributed by atoms with Crippen molar-refractivity contribution in [1.82, 2.24) is 5.16 Å². The maximum Gasteiger partial charge on any atom is 0.224 e. The lowest BCUT2D eigenvalue weighted by molar-refractivity contribution is -0.117. The minimum atomic E-state index is -0.0602. The van der Waals surface area contributed by atoms with Crippen LogP contribution in [0.2, 0.25) is 0 Å². The molecule has 1 unspecified atom stereocenters. The zero-order valence-electron chi connectivity index (χ0n) is 19.9. The van der Waals surface area contributed by atoms with Crippen molar-refractivity contribution >= 4 is 11.6 Å². The van der Waals surface area contributed by atoms with Crippen LogP contribution in [0.15, 0.2) is 41.1 Å². The molecule has 0 bridgehead atoms. The number of ether oxygens (including phenoxy) is 4. The topological polar surface area (TPSA) is 92.1 Å². The third-order valence-electron chi connectivity index (χ3n) is 5.51. The fourth-order valence-corrected chi connectivity index (χ4v) is 3.50. The standard InChI is InChI=1S/C25H30N2O6/c1-7-15(2)10-23(28)27-19-11-16(8-9-20(19)29-3)18-14-26-33-24(18)17-12-21(30-4)25(32-6)22(13-17)31-5/h8-9,11-15H,7,10H2,1-6H3,(H,27,28). The minimum absolute atomic E-state index is 0.0602. The first-order valence-corrected chi connectivity index (χ1v) is 10.7. The van der Waals surface area contributed by atoms with Crippen LogP contribution in [-0.2, 0) is 4.79 Å². The van der Waals surface area contributed by atoms with Crippen LogP contribution in [0.5, 0.6) is 23.0 Å². The van der Waals surface area contributed by atoms with Crippen molar-refractivity contribution in [2.24, 2.45) is 5.92 Å². The number of amides is 1. The second-order valence-electron chi connectivity index (χ2n) is 7.66. The van der Waals surface area contributed by atoms with E-state index >= 15 is 0 Å². The molecule has 8 heteroatoms. The molecule has 1 N–H and O–H groups in total. The number of rotatable bonds is 10. The van der Waals surface area contributed by atoms with Crippen LogP contribution in [0.1, 0.15) is 26.7 Å². The molecule has 0 saturated heterocycles. The Balaban J connectivity index is 2.02. The summed E-state index contributed by atoms with van der Waals surface area (Å²) in [5, 5.41) is 6.97.